The van der Waals surface area contributed by atoms with E-state index >= 15 is 0 Å². The number of fused-ring (bicyclic) bond motifs is 1. The fourth-order valence-electron chi connectivity index (χ4n) is 7.11. The van der Waals surface area contributed by atoms with E-state index in [0.717, 1.165) is 22.3 Å². The SMILES string of the molecule is N#Cc1ccc(C2=C3CC[C@@H](C(=O)N[C@@H](Cc4cccnc4)C(=O)N[C@H](CC(=O)O)Cc4ccccc4)N3C(=O)[C@@H](NC(=O)Cc3ccccc3)C2)cc1. The lowest BCUT2D eigenvalue weighted by Gasteiger charge is -2.36. The zero-order valence-corrected chi connectivity index (χ0v) is 29.5. The summed E-state index contributed by atoms with van der Waals surface area (Å²) in [6.07, 6.45) is 4.10. The predicted octanol–water partition coefficient (Wildman–Crippen LogP) is 3.72. The zero-order chi connectivity index (χ0) is 38.0. The molecule has 0 unspecified atom stereocenters. The van der Waals surface area contributed by atoms with Gasteiger partial charge < -0.3 is 26.0 Å². The number of allylic oxidation sites excluding steroid dienone is 1. The number of carbonyl (C=O) groups excluding carboxylic acids is 4. The highest BCUT2D eigenvalue weighted by atomic mass is 16.4. The Morgan fingerprint density at radius 2 is 1.56 bits per heavy atom. The molecule has 4 aromatic rings. The molecule has 0 radical (unpaired) electrons. The average molecular weight is 725 g/mol. The number of carboxylic acids is 1. The lowest BCUT2D eigenvalue weighted by Crippen LogP contribution is -2.58. The number of amides is 4. The number of pyridine rings is 1. The topological polar surface area (TPSA) is 182 Å². The summed E-state index contributed by atoms with van der Waals surface area (Å²) < 4.78 is 0. The molecule has 2 aliphatic rings. The third-order valence-electron chi connectivity index (χ3n) is 9.64. The van der Waals surface area contributed by atoms with Gasteiger partial charge in [0.15, 0.2) is 0 Å². The smallest absolute Gasteiger partial charge is 0.305 e. The van der Waals surface area contributed by atoms with Gasteiger partial charge in [0.25, 0.3) is 0 Å². The molecule has 12 heteroatoms. The molecule has 4 N–H and O–H groups in total. The number of hydrogen-bond acceptors (Lipinski definition) is 7. The molecule has 0 bridgehead atoms. The van der Waals surface area contributed by atoms with Gasteiger partial charge in [0.05, 0.1) is 24.5 Å². The molecule has 4 amide bonds. The van der Waals surface area contributed by atoms with Crippen LogP contribution < -0.4 is 16.0 Å². The summed E-state index contributed by atoms with van der Waals surface area (Å²) in [7, 11) is 0. The Balaban J connectivity index is 1.26. The van der Waals surface area contributed by atoms with Gasteiger partial charge in [-0.1, -0.05) is 78.9 Å². The van der Waals surface area contributed by atoms with Crippen LogP contribution >= 0.6 is 0 Å². The van der Waals surface area contributed by atoms with E-state index in [1.165, 1.54) is 4.90 Å². The molecule has 1 saturated heterocycles. The van der Waals surface area contributed by atoms with Crippen LogP contribution in [0.1, 0.15) is 53.5 Å². The number of nitrogens with one attached hydrogen (secondary N) is 3. The number of benzene rings is 3. The molecular formula is C42H40N6O6. The van der Waals surface area contributed by atoms with E-state index in [0.29, 0.717) is 23.2 Å². The molecule has 4 atom stereocenters. The second kappa shape index (κ2) is 17.3. The van der Waals surface area contributed by atoms with Crippen molar-refractivity contribution in [2.24, 2.45) is 0 Å². The Bertz CT molecular complexity index is 2070. The number of carbonyl (C=O) groups is 5. The molecule has 3 aromatic carbocycles. The summed E-state index contributed by atoms with van der Waals surface area (Å²) in [4.78, 5) is 73.0. The summed E-state index contributed by atoms with van der Waals surface area (Å²) in [5.41, 5.74) is 4.96. The second-order valence-corrected chi connectivity index (χ2v) is 13.5. The van der Waals surface area contributed by atoms with Crippen LogP contribution in [-0.4, -0.2) is 68.8 Å². The molecule has 274 valence electrons. The van der Waals surface area contributed by atoms with Crippen molar-refractivity contribution in [1.82, 2.24) is 25.8 Å². The molecule has 1 aromatic heterocycles. The van der Waals surface area contributed by atoms with Crippen LogP contribution in [0, 0.1) is 11.3 Å². The number of nitriles is 1. The van der Waals surface area contributed by atoms with E-state index in [2.05, 4.69) is 27.0 Å². The van der Waals surface area contributed by atoms with Crippen LogP contribution in [0.15, 0.2) is 115 Å². The molecule has 0 saturated carbocycles. The van der Waals surface area contributed by atoms with E-state index in [1.807, 2.05) is 60.7 Å². The standard InChI is InChI=1S/C42H40N6O6/c43-25-29-13-15-31(16-14-29)33-24-35(46-38(49)22-28-10-5-2-6-11-28)42(54)48-36(33)17-18-37(48)41(53)47-34(21-30-12-7-19-44-26-30)40(52)45-32(23-39(50)51)20-27-8-3-1-4-9-27/h1-16,19,26,32,34-35,37H,17-18,20-24H2,(H,45,52)(H,46,49)(H,47,53)(H,50,51)/t32-,34-,35-,37-/m0/s1. The summed E-state index contributed by atoms with van der Waals surface area (Å²) in [5.74, 6) is -2.99. The van der Waals surface area contributed by atoms with Gasteiger partial charge in [0.1, 0.15) is 18.1 Å². The van der Waals surface area contributed by atoms with Crippen molar-refractivity contribution < 1.29 is 29.1 Å². The Labute approximate surface area is 312 Å². The molecule has 0 spiro atoms. The predicted molar refractivity (Wildman–Crippen MR) is 199 cm³/mol. The highest BCUT2D eigenvalue weighted by Crippen LogP contribution is 2.40. The minimum absolute atomic E-state index is 0.0641. The summed E-state index contributed by atoms with van der Waals surface area (Å²) >= 11 is 0. The lowest BCUT2D eigenvalue weighted by molar-refractivity contribution is -0.141. The van der Waals surface area contributed by atoms with Crippen molar-refractivity contribution in [1.29, 1.82) is 5.26 Å². The largest absolute Gasteiger partial charge is 0.481 e. The Kier molecular flexibility index (Phi) is 11.9. The minimum Gasteiger partial charge on any atom is -0.481 e. The first-order chi connectivity index (χ1) is 26.2. The van der Waals surface area contributed by atoms with E-state index in [4.69, 9.17) is 0 Å². The first kappa shape index (κ1) is 37.2. The van der Waals surface area contributed by atoms with E-state index < -0.39 is 47.9 Å². The molecule has 2 aliphatic heterocycles. The maximum Gasteiger partial charge on any atom is 0.305 e. The van der Waals surface area contributed by atoms with Crippen LogP contribution in [0.5, 0.6) is 0 Å². The van der Waals surface area contributed by atoms with Crippen LogP contribution in [0.3, 0.4) is 0 Å². The zero-order valence-electron chi connectivity index (χ0n) is 29.5. The van der Waals surface area contributed by atoms with Gasteiger partial charge in [-0.15, -0.1) is 0 Å². The van der Waals surface area contributed by atoms with Gasteiger partial charge in [-0.2, -0.15) is 5.26 Å². The number of carboxylic acid groups (broad SMARTS) is 1. The van der Waals surface area contributed by atoms with E-state index in [1.54, 1.807) is 48.8 Å². The highest BCUT2D eigenvalue weighted by molar-refractivity contribution is 5.99. The number of aromatic nitrogens is 1. The van der Waals surface area contributed by atoms with Crippen molar-refractivity contribution in [2.45, 2.75) is 69.1 Å². The number of nitrogens with zero attached hydrogens (tertiary/aromatic N) is 3. The Morgan fingerprint density at radius 3 is 2.20 bits per heavy atom. The molecule has 1 fully saturated rings. The maximum atomic E-state index is 14.3. The van der Waals surface area contributed by atoms with Gasteiger partial charge >= 0.3 is 5.97 Å². The fraction of sp³-hybridized carbons (Fsp3) is 0.262. The summed E-state index contributed by atoms with van der Waals surface area (Å²) in [6, 6.07) is 27.1. The first-order valence-corrected chi connectivity index (χ1v) is 17.8. The van der Waals surface area contributed by atoms with Gasteiger partial charge in [-0.25, -0.2) is 0 Å². The lowest BCUT2D eigenvalue weighted by atomic mass is 9.91. The Morgan fingerprint density at radius 1 is 0.870 bits per heavy atom. The monoisotopic (exact) mass is 724 g/mol. The van der Waals surface area contributed by atoms with Crippen molar-refractivity contribution >= 4 is 35.2 Å². The normalized spacial score (nSPS) is 17.5. The molecule has 3 heterocycles. The number of hydrogen-bond donors (Lipinski definition) is 4. The van der Waals surface area contributed by atoms with Crippen molar-refractivity contribution in [3.63, 3.8) is 0 Å². The third-order valence-corrected chi connectivity index (χ3v) is 9.64. The van der Waals surface area contributed by atoms with Crippen LogP contribution in [0.4, 0.5) is 0 Å². The van der Waals surface area contributed by atoms with E-state index in [9.17, 15) is 34.3 Å². The van der Waals surface area contributed by atoms with Crippen molar-refractivity contribution in [3.05, 3.63) is 143 Å². The molecule has 6 rings (SSSR count). The first-order valence-electron chi connectivity index (χ1n) is 17.8. The molecule has 12 nitrogen and oxygen atoms in total. The van der Waals surface area contributed by atoms with Crippen LogP contribution in [0.2, 0.25) is 0 Å². The van der Waals surface area contributed by atoms with Crippen molar-refractivity contribution in [3.8, 4) is 6.07 Å². The summed E-state index contributed by atoms with van der Waals surface area (Å²) in [6.45, 7) is 0. The second-order valence-electron chi connectivity index (χ2n) is 13.5. The summed E-state index contributed by atoms with van der Waals surface area (Å²) in [5, 5.41) is 27.6. The third kappa shape index (κ3) is 9.24. The molecule has 54 heavy (non-hydrogen) atoms. The van der Waals surface area contributed by atoms with Crippen LogP contribution in [-0.2, 0) is 43.2 Å². The van der Waals surface area contributed by atoms with Gasteiger partial charge in [0, 0.05) is 37.0 Å². The number of aliphatic carboxylic acids is 1. The van der Waals surface area contributed by atoms with Crippen LogP contribution in [0.25, 0.3) is 5.57 Å². The molecular weight excluding hydrogens is 684 g/mol. The minimum atomic E-state index is -1.12. The highest BCUT2D eigenvalue weighted by Gasteiger charge is 2.46. The number of rotatable bonds is 14. The van der Waals surface area contributed by atoms with Gasteiger partial charge in [-0.05, 0) is 65.3 Å². The fourth-order valence-corrected chi connectivity index (χ4v) is 7.11. The van der Waals surface area contributed by atoms with Crippen molar-refractivity contribution in [2.75, 3.05) is 0 Å². The van der Waals surface area contributed by atoms with Gasteiger partial charge in [-0.3, -0.25) is 29.0 Å². The average Bonchev–Trinajstić information content (AvgIpc) is 3.63. The quantitative estimate of drug-likeness (QED) is 0.152. The molecule has 0 aliphatic carbocycles. The Hall–Kier alpha value is -6.61. The maximum absolute atomic E-state index is 14.3. The van der Waals surface area contributed by atoms with E-state index in [-0.39, 0.29) is 44.4 Å². The van der Waals surface area contributed by atoms with Gasteiger partial charge in [0.2, 0.25) is 23.6 Å².